The van der Waals surface area contributed by atoms with E-state index in [-0.39, 0.29) is 0 Å². The third-order valence-electron chi connectivity index (χ3n) is 2.55. The second kappa shape index (κ2) is 6.40. The number of anilines is 1. The summed E-state index contributed by atoms with van der Waals surface area (Å²) in [5.41, 5.74) is 0. The number of ether oxygens (including phenoxy) is 1. The van der Waals surface area contributed by atoms with Gasteiger partial charge >= 0.3 is 0 Å². The summed E-state index contributed by atoms with van der Waals surface area (Å²) in [6.07, 6.45) is 5.54. The van der Waals surface area contributed by atoms with Gasteiger partial charge in [0.1, 0.15) is 0 Å². The van der Waals surface area contributed by atoms with Gasteiger partial charge in [0, 0.05) is 25.8 Å². The van der Waals surface area contributed by atoms with Gasteiger partial charge in [-0.3, -0.25) is 4.90 Å². The lowest BCUT2D eigenvalue weighted by molar-refractivity contribution is 0.0378. The van der Waals surface area contributed by atoms with Crippen molar-refractivity contribution in [3.63, 3.8) is 0 Å². The molecule has 0 saturated carbocycles. The number of rotatable bonds is 5. The SMILES string of the molecule is [c]1ccnc(NCCCN2CCOCC2)n1. The van der Waals surface area contributed by atoms with Crippen LogP contribution in [0.2, 0.25) is 0 Å². The van der Waals surface area contributed by atoms with Gasteiger partial charge in [0.2, 0.25) is 5.95 Å². The average molecular weight is 221 g/mol. The van der Waals surface area contributed by atoms with Gasteiger partial charge in [-0.05, 0) is 19.0 Å². The Bertz CT molecular complexity index is 287. The first-order valence-electron chi connectivity index (χ1n) is 5.68. The van der Waals surface area contributed by atoms with Gasteiger partial charge in [-0.1, -0.05) is 0 Å². The minimum Gasteiger partial charge on any atom is -0.379 e. The number of aromatic nitrogens is 2. The number of hydrogen-bond acceptors (Lipinski definition) is 5. The van der Waals surface area contributed by atoms with E-state index in [0.717, 1.165) is 45.8 Å². The molecule has 87 valence electrons. The van der Waals surface area contributed by atoms with E-state index in [1.807, 2.05) is 0 Å². The van der Waals surface area contributed by atoms with Gasteiger partial charge in [-0.2, -0.15) is 0 Å². The number of hydrogen-bond donors (Lipinski definition) is 1. The maximum absolute atomic E-state index is 5.29. The highest BCUT2D eigenvalue weighted by Gasteiger charge is 2.08. The van der Waals surface area contributed by atoms with Crippen LogP contribution >= 0.6 is 0 Å². The monoisotopic (exact) mass is 221 g/mol. The Morgan fingerprint density at radius 1 is 1.44 bits per heavy atom. The Morgan fingerprint density at radius 3 is 3.06 bits per heavy atom. The van der Waals surface area contributed by atoms with Gasteiger partial charge in [-0.25, -0.2) is 9.97 Å². The highest BCUT2D eigenvalue weighted by Crippen LogP contribution is 1.99. The van der Waals surface area contributed by atoms with Crippen LogP contribution in [0.25, 0.3) is 0 Å². The molecular formula is C11H17N4O. The second-order valence-corrected chi connectivity index (χ2v) is 3.74. The van der Waals surface area contributed by atoms with Gasteiger partial charge < -0.3 is 10.1 Å². The molecule has 0 spiro atoms. The van der Waals surface area contributed by atoms with E-state index in [4.69, 9.17) is 4.74 Å². The Labute approximate surface area is 95.8 Å². The van der Waals surface area contributed by atoms with E-state index in [0.29, 0.717) is 5.95 Å². The van der Waals surface area contributed by atoms with Crippen LogP contribution in [0.5, 0.6) is 0 Å². The fourth-order valence-corrected chi connectivity index (χ4v) is 1.68. The summed E-state index contributed by atoms with van der Waals surface area (Å²) < 4.78 is 5.29. The zero-order valence-electron chi connectivity index (χ0n) is 9.35. The molecule has 16 heavy (non-hydrogen) atoms. The fourth-order valence-electron chi connectivity index (χ4n) is 1.68. The molecule has 0 unspecified atom stereocenters. The van der Waals surface area contributed by atoms with Crippen molar-refractivity contribution in [1.82, 2.24) is 14.9 Å². The average Bonchev–Trinajstić information content (AvgIpc) is 2.37. The van der Waals surface area contributed by atoms with Crippen molar-refractivity contribution in [2.45, 2.75) is 6.42 Å². The predicted molar refractivity (Wildman–Crippen MR) is 61.2 cm³/mol. The maximum Gasteiger partial charge on any atom is 0.223 e. The van der Waals surface area contributed by atoms with Crippen molar-refractivity contribution in [2.24, 2.45) is 0 Å². The van der Waals surface area contributed by atoms with Crippen LogP contribution in [-0.2, 0) is 4.74 Å². The van der Waals surface area contributed by atoms with Crippen LogP contribution in [0.3, 0.4) is 0 Å². The van der Waals surface area contributed by atoms with E-state index < -0.39 is 0 Å². The number of morpholine rings is 1. The van der Waals surface area contributed by atoms with Crippen molar-refractivity contribution in [1.29, 1.82) is 0 Å². The number of nitrogens with zero attached hydrogens (tertiary/aromatic N) is 3. The minimum absolute atomic E-state index is 0.657. The first-order chi connectivity index (χ1) is 7.95. The molecule has 0 bridgehead atoms. The van der Waals surface area contributed by atoms with E-state index in [1.165, 1.54) is 0 Å². The summed E-state index contributed by atoms with van der Waals surface area (Å²) in [5, 5.41) is 3.17. The van der Waals surface area contributed by atoms with Crippen molar-refractivity contribution in [3.05, 3.63) is 18.5 Å². The molecule has 1 saturated heterocycles. The molecule has 5 heteroatoms. The van der Waals surface area contributed by atoms with E-state index in [2.05, 4.69) is 26.4 Å². The molecule has 0 aliphatic carbocycles. The molecule has 1 aliphatic rings. The summed E-state index contributed by atoms with van der Waals surface area (Å²) in [4.78, 5) is 10.5. The summed E-state index contributed by atoms with van der Waals surface area (Å²) in [5.74, 6) is 0.657. The van der Waals surface area contributed by atoms with Crippen molar-refractivity contribution < 1.29 is 4.74 Å². The molecule has 1 fully saturated rings. The molecular weight excluding hydrogens is 204 g/mol. The summed E-state index contributed by atoms with van der Waals surface area (Å²) in [6.45, 7) is 5.84. The van der Waals surface area contributed by atoms with Gasteiger partial charge in [-0.15, -0.1) is 0 Å². The molecule has 5 nitrogen and oxygen atoms in total. The molecule has 2 rings (SSSR count). The topological polar surface area (TPSA) is 50.3 Å². The Kier molecular flexibility index (Phi) is 4.51. The normalized spacial score (nSPS) is 17.2. The molecule has 0 amide bonds. The van der Waals surface area contributed by atoms with Crippen LogP contribution in [0, 0.1) is 6.20 Å². The zero-order valence-corrected chi connectivity index (χ0v) is 9.35. The largest absolute Gasteiger partial charge is 0.379 e. The molecule has 0 atom stereocenters. The standard InChI is InChI=1S/C11H17N4O/c1-3-12-11(13-4-1)14-5-2-6-15-7-9-16-10-8-15/h1,3H,2,5-10H2,(H,12,13,14). The molecule has 0 aromatic carbocycles. The number of nitrogens with one attached hydrogen (secondary N) is 1. The summed E-state index contributed by atoms with van der Waals surface area (Å²) in [7, 11) is 0. The summed E-state index contributed by atoms with van der Waals surface area (Å²) >= 11 is 0. The van der Waals surface area contributed by atoms with E-state index in [9.17, 15) is 0 Å². The lowest BCUT2D eigenvalue weighted by atomic mass is 10.3. The van der Waals surface area contributed by atoms with Crippen LogP contribution in [0.1, 0.15) is 6.42 Å². The van der Waals surface area contributed by atoms with Gasteiger partial charge in [0.15, 0.2) is 0 Å². The van der Waals surface area contributed by atoms with Crippen LogP contribution in [-0.4, -0.2) is 54.3 Å². The zero-order chi connectivity index (χ0) is 11.1. The van der Waals surface area contributed by atoms with Crippen molar-refractivity contribution in [2.75, 3.05) is 44.7 Å². The van der Waals surface area contributed by atoms with Crippen LogP contribution < -0.4 is 5.32 Å². The Morgan fingerprint density at radius 2 is 2.31 bits per heavy atom. The highest BCUT2D eigenvalue weighted by molar-refractivity contribution is 5.21. The van der Waals surface area contributed by atoms with E-state index in [1.54, 1.807) is 12.3 Å². The quantitative estimate of drug-likeness (QED) is 0.730. The first-order valence-corrected chi connectivity index (χ1v) is 5.68. The lowest BCUT2D eigenvalue weighted by Crippen LogP contribution is -2.37. The van der Waals surface area contributed by atoms with E-state index >= 15 is 0 Å². The van der Waals surface area contributed by atoms with Gasteiger partial charge in [0.25, 0.3) is 0 Å². The molecule has 1 aromatic heterocycles. The molecule has 1 aliphatic heterocycles. The third kappa shape index (κ3) is 3.75. The first kappa shape index (κ1) is 11.3. The highest BCUT2D eigenvalue weighted by atomic mass is 16.5. The van der Waals surface area contributed by atoms with Gasteiger partial charge in [0.05, 0.1) is 19.4 Å². The molecule has 1 N–H and O–H groups in total. The third-order valence-corrected chi connectivity index (χ3v) is 2.55. The smallest absolute Gasteiger partial charge is 0.223 e. The lowest BCUT2D eigenvalue weighted by Gasteiger charge is -2.26. The predicted octanol–water partition coefficient (Wildman–Crippen LogP) is 0.411. The van der Waals surface area contributed by atoms with Crippen molar-refractivity contribution >= 4 is 5.95 Å². The Balaban J connectivity index is 1.58. The molecule has 2 heterocycles. The summed E-state index contributed by atoms with van der Waals surface area (Å²) in [6, 6.07) is 1.69. The second-order valence-electron chi connectivity index (χ2n) is 3.74. The Hall–Kier alpha value is -1.20. The van der Waals surface area contributed by atoms with Crippen molar-refractivity contribution in [3.8, 4) is 0 Å². The molecule has 1 aromatic rings. The molecule has 1 radical (unpaired) electrons. The maximum atomic E-state index is 5.29. The minimum atomic E-state index is 0.657. The fraction of sp³-hybridized carbons (Fsp3) is 0.636. The van der Waals surface area contributed by atoms with Crippen LogP contribution in [0.4, 0.5) is 5.95 Å². The van der Waals surface area contributed by atoms with Crippen LogP contribution in [0.15, 0.2) is 12.3 Å².